The van der Waals surface area contributed by atoms with Crippen LogP contribution in [0.2, 0.25) is 0 Å². The van der Waals surface area contributed by atoms with E-state index in [0.717, 1.165) is 37.1 Å². The predicted octanol–water partition coefficient (Wildman–Crippen LogP) is 4.76. The number of methoxy groups -OCH3 is 1. The van der Waals surface area contributed by atoms with Gasteiger partial charge in [-0.15, -0.1) is 0 Å². The highest BCUT2D eigenvalue weighted by Gasteiger charge is 2.54. The summed E-state index contributed by atoms with van der Waals surface area (Å²) in [5.41, 5.74) is 6.86. The first kappa shape index (κ1) is 21.0. The van der Waals surface area contributed by atoms with E-state index < -0.39 is 5.54 Å². The molecule has 1 saturated heterocycles. The Hall–Kier alpha value is -2.24. The molecule has 4 rings (SSSR count). The fraction of sp³-hybridized carbons (Fsp3) is 0.667. The van der Waals surface area contributed by atoms with Crippen LogP contribution in [-0.2, 0) is 4.79 Å². The normalized spacial score (nSPS) is 30.9. The third-order valence-corrected chi connectivity index (χ3v) is 7.88. The van der Waals surface area contributed by atoms with Crippen molar-refractivity contribution in [2.75, 3.05) is 18.6 Å². The van der Waals surface area contributed by atoms with E-state index in [0.29, 0.717) is 29.4 Å². The van der Waals surface area contributed by atoms with Crippen LogP contribution in [-0.4, -0.2) is 30.1 Å². The third kappa shape index (κ3) is 3.34. The summed E-state index contributed by atoms with van der Waals surface area (Å²) in [5.74, 6) is 2.23. The first-order chi connectivity index (χ1) is 14.4. The number of carbonyl (C=O) groups is 1. The summed E-state index contributed by atoms with van der Waals surface area (Å²) in [4.78, 5) is 20.0. The van der Waals surface area contributed by atoms with Gasteiger partial charge in [0.05, 0.1) is 7.11 Å². The zero-order valence-corrected chi connectivity index (χ0v) is 18.7. The second kappa shape index (κ2) is 8.12. The molecule has 1 aromatic carbocycles. The number of hydrogen-bond donors (Lipinski definition) is 1. The van der Waals surface area contributed by atoms with Crippen molar-refractivity contribution in [3.63, 3.8) is 0 Å². The molecule has 2 aromatic rings. The number of rotatable bonds is 5. The molecule has 0 radical (unpaired) electrons. The molecule has 6 heteroatoms. The Labute approximate surface area is 179 Å². The van der Waals surface area contributed by atoms with Gasteiger partial charge in [-0.3, -0.25) is 4.79 Å². The van der Waals surface area contributed by atoms with Crippen molar-refractivity contribution in [3.05, 3.63) is 18.2 Å². The number of benzene rings is 1. The lowest BCUT2D eigenvalue weighted by molar-refractivity contribution is -0.128. The lowest BCUT2D eigenvalue weighted by atomic mass is 9.60. The van der Waals surface area contributed by atoms with E-state index in [4.69, 9.17) is 19.9 Å². The van der Waals surface area contributed by atoms with Crippen LogP contribution in [0.25, 0.3) is 11.1 Å². The van der Waals surface area contributed by atoms with Crippen LogP contribution < -0.4 is 15.4 Å². The van der Waals surface area contributed by atoms with Crippen LogP contribution in [0.5, 0.6) is 5.75 Å². The molecular weight excluding hydrogens is 378 g/mol. The Morgan fingerprint density at radius 1 is 1.27 bits per heavy atom. The van der Waals surface area contributed by atoms with Gasteiger partial charge in [-0.1, -0.05) is 40.0 Å². The molecule has 6 nitrogen and oxygen atoms in total. The molecule has 0 bridgehead atoms. The summed E-state index contributed by atoms with van der Waals surface area (Å²) in [6.07, 6.45) is 6.45. The van der Waals surface area contributed by atoms with Crippen molar-refractivity contribution in [2.45, 2.75) is 64.8 Å². The van der Waals surface area contributed by atoms with Crippen LogP contribution in [0.15, 0.2) is 22.6 Å². The third-order valence-electron chi connectivity index (χ3n) is 7.88. The number of nitrogens with zero attached hydrogens (tertiary/aromatic N) is 2. The van der Waals surface area contributed by atoms with Gasteiger partial charge in [-0.2, -0.15) is 4.98 Å². The number of carbonyl (C=O) groups excluding carboxylic acids is 1. The molecule has 0 spiro atoms. The molecule has 1 aliphatic carbocycles. The van der Waals surface area contributed by atoms with Gasteiger partial charge in [-0.25, -0.2) is 0 Å². The molecule has 164 valence electrons. The minimum atomic E-state index is -0.770. The van der Waals surface area contributed by atoms with Gasteiger partial charge in [0.25, 0.3) is 6.01 Å². The predicted molar refractivity (Wildman–Crippen MR) is 119 cm³/mol. The second-order valence-electron chi connectivity index (χ2n) is 9.48. The zero-order valence-electron chi connectivity index (χ0n) is 18.7. The molecule has 2 heterocycles. The number of fused-ring (bicyclic) bond motifs is 1. The summed E-state index contributed by atoms with van der Waals surface area (Å²) in [5, 5.41) is 0. The lowest BCUT2D eigenvalue weighted by Gasteiger charge is -2.52. The molecule has 2 aliphatic rings. The van der Waals surface area contributed by atoms with Crippen LogP contribution in [0, 0.1) is 23.7 Å². The number of piperidine rings is 1. The Morgan fingerprint density at radius 3 is 2.67 bits per heavy atom. The number of amides is 1. The van der Waals surface area contributed by atoms with Crippen molar-refractivity contribution in [2.24, 2.45) is 29.4 Å². The van der Waals surface area contributed by atoms with Gasteiger partial charge in [-0.05, 0) is 55.1 Å². The molecule has 5 atom stereocenters. The maximum absolute atomic E-state index is 13.2. The molecule has 3 unspecified atom stereocenters. The quantitative estimate of drug-likeness (QED) is 0.764. The van der Waals surface area contributed by atoms with E-state index in [2.05, 4.69) is 25.7 Å². The Morgan fingerprint density at radius 2 is 2.00 bits per heavy atom. The van der Waals surface area contributed by atoms with Crippen molar-refractivity contribution >= 4 is 23.0 Å². The average Bonchev–Trinajstić information content (AvgIpc) is 3.16. The van der Waals surface area contributed by atoms with Gasteiger partial charge in [0.2, 0.25) is 5.91 Å². The van der Waals surface area contributed by atoms with Crippen molar-refractivity contribution in [1.29, 1.82) is 0 Å². The van der Waals surface area contributed by atoms with Gasteiger partial charge in [0, 0.05) is 12.6 Å². The highest BCUT2D eigenvalue weighted by Crippen LogP contribution is 2.48. The fourth-order valence-electron chi connectivity index (χ4n) is 6.37. The number of ether oxygens (including phenoxy) is 1. The highest BCUT2D eigenvalue weighted by molar-refractivity contribution is 5.89. The van der Waals surface area contributed by atoms with E-state index >= 15 is 0 Å². The fourth-order valence-corrected chi connectivity index (χ4v) is 6.37. The number of anilines is 1. The first-order valence-corrected chi connectivity index (χ1v) is 11.4. The molecule has 1 saturated carbocycles. The molecule has 2 fully saturated rings. The number of hydrogen-bond acceptors (Lipinski definition) is 5. The first-order valence-electron chi connectivity index (χ1n) is 11.4. The van der Waals surface area contributed by atoms with Crippen molar-refractivity contribution in [3.8, 4) is 5.75 Å². The van der Waals surface area contributed by atoms with E-state index in [1.54, 1.807) is 7.11 Å². The second-order valence-corrected chi connectivity index (χ2v) is 9.48. The largest absolute Gasteiger partial charge is 0.497 e. The standard InChI is InChI=1S/C24H35N3O3/c1-15-8-7-9-16(2)21(15)17(3)24(22(25)28)12-5-6-13-27(24)23-26-19-14-18(29-4)10-11-20(19)30-23/h10-11,14-17,21H,5-9,12-13H2,1-4H3,(H2,25,28)/t15-,16+,17?,21?,24?. The summed E-state index contributed by atoms with van der Waals surface area (Å²) >= 11 is 0. The molecule has 30 heavy (non-hydrogen) atoms. The Bertz CT molecular complexity index is 900. The van der Waals surface area contributed by atoms with Crippen molar-refractivity contribution < 1.29 is 13.9 Å². The minimum absolute atomic E-state index is 0.130. The van der Waals surface area contributed by atoms with Gasteiger partial charge in [0.1, 0.15) is 16.8 Å². The van der Waals surface area contributed by atoms with Gasteiger partial charge in [0.15, 0.2) is 5.58 Å². The Kier molecular flexibility index (Phi) is 5.69. The van der Waals surface area contributed by atoms with E-state index in [-0.39, 0.29) is 11.8 Å². The van der Waals surface area contributed by atoms with E-state index in [1.165, 1.54) is 19.3 Å². The summed E-state index contributed by atoms with van der Waals surface area (Å²) < 4.78 is 11.5. The van der Waals surface area contributed by atoms with E-state index in [1.807, 2.05) is 18.2 Å². The van der Waals surface area contributed by atoms with E-state index in [9.17, 15) is 4.79 Å². The molecular formula is C24H35N3O3. The highest BCUT2D eigenvalue weighted by atomic mass is 16.5. The topological polar surface area (TPSA) is 81.6 Å². The molecule has 1 aliphatic heterocycles. The lowest BCUT2D eigenvalue weighted by Crippen LogP contribution is -2.66. The monoisotopic (exact) mass is 413 g/mol. The Balaban J connectivity index is 1.78. The zero-order chi connectivity index (χ0) is 21.5. The smallest absolute Gasteiger partial charge is 0.299 e. The minimum Gasteiger partial charge on any atom is -0.497 e. The van der Waals surface area contributed by atoms with Crippen LogP contribution in [0.3, 0.4) is 0 Å². The summed E-state index contributed by atoms with van der Waals surface area (Å²) in [6, 6.07) is 6.10. The SMILES string of the molecule is COc1ccc2oc(N3CCCCC3(C(N)=O)C(C)C3[C@H](C)CCC[C@@H]3C)nc2c1. The molecule has 2 N–H and O–H groups in total. The van der Waals surface area contributed by atoms with Crippen LogP contribution in [0.1, 0.15) is 59.3 Å². The maximum Gasteiger partial charge on any atom is 0.299 e. The number of oxazole rings is 1. The molecule has 1 aromatic heterocycles. The number of primary amides is 1. The van der Waals surface area contributed by atoms with Crippen LogP contribution in [0.4, 0.5) is 6.01 Å². The van der Waals surface area contributed by atoms with Gasteiger partial charge >= 0.3 is 0 Å². The number of aromatic nitrogens is 1. The van der Waals surface area contributed by atoms with Gasteiger partial charge < -0.3 is 19.8 Å². The maximum atomic E-state index is 13.2. The average molecular weight is 414 g/mol. The molecule has 1 amide bonds. The summed E-state index contributed by atoms with van der Waals surface area (Å²) in [6.45, 7) is 7.64. The summed E-state index contributed by atoms with van der Waals surface area (Å²) in [7, 11) is 1.64. The van der Waals surface area contributed by atoms with Crippen molar-refractivity contribution in [1.82, 2.24) is 4.98 Å². The number of nitrogens with two attached hydrogens (primary N) is 1. The van der Waals surface area contributed by atoms with Crippen LogP contribution >= 0.6 is 0 Å².